The molecular weight excluding hydrogens is 366 g/mol. The molecule has 1 aromatic heterocycles. The summed E-state index contributed by atoms with van der Waals surface area (Å²) in [6, 6.07) is 8.31. The van der Waals surface area contributed by atoms with E-state index < -0.39 is 5.54 Å². The van der Waals surface area contributed by atoms with Crippen molar-refractivity contribution in [2.75, 3.05) is 13.2 Å². The minimum absolute atomic E-state index is 0.100. The van der Waals surface area contributed by atoms with Crippen LogP contribution < -0.4 is 5.73 Å². The molecule has 0 spiro atoms. The van der Waals surface area contributed by atoms with E-state index >= 15 is 0 Å². The molecule has 1 aliphatic heterocycles. The molecule has 6 heteroatoms. The number of carbonyl (C=O) groups excluding carboxylic acids is 1. The summed E-state index contributed by atoms with van der Waals surface area (Å²) in [5, 5.41) is 9.21. The molecule has 29 heavy (non-hydrogen) atoms. The maximum atomic E-state index is 12.7. The number of esters is 1. The molecule has 3 atom stereocenters. The van der Waals surface area contributed by atoms with E-state index in [2.05, 4.69) is 39.0 Å². The Labute approximate surface area is 171 Å². The zero-order valence-corrected chi connectivity index (χ0v) is 17.7. The number of rotatable bonds is 5. The molecule has 2 aromatic rings. The third-order valence-corrected chi connectivity index (χ3v) is 6.62. The Morgan fingerprint density at radius 1 is 1.34 bits per heavy atom. The summed E-state index contributed by atoms with van der Waals surface area (Å²) in [6.45, 7) is 9.22. The summed E-state index contributed by atoms with van der Waals surface area (Å²) < 4.78 is 13.1. The standard InChI is InChI=1S/C23H31N3O3/c1-5-28-20(27)19-11-17-10-15(16-8-9-29-22(3,4)13-16)6-7-18(17)26(19)23(21(24)25)12-14(23)2/h6-7,10-11,14,16H,5,8-9,12-13H2,1-4H3,(H3,24,25)/t14-,16-,23-/m0/s1. The maximum Gasteiger partial charge on any atom is 0.355 e. The van der Waals surface area contributed by atoms with Gasteiger partial charge in [-0.15, -0.1) is 0 Å². The van der Waals surface area contributed by atoms with Crippen molar-refractivity contribution >= 4 is 22.7 Å². The van der Waals surface area contributed by atoms with Gasteiger partial charge in [-0.2, -0.15) is 0 Å². The first-order valence-corrected chi connectivity index (χ1v) is 10.5. The Morgan fingerprint density at radius 2 is 2.07 bits per heavy atom. The van der Waals surface area contributed by atoms with Crippen LogP contribution in [0.2, 0.25) is 0 Å². The summed E-state index contributed by atoms with van der Waals surface area (Å²) >= 11 is 0. The highest BCUT2D eigenvalue weighted by Gasteiger charge is 2.57. The second kappa shape index (κ2) is 6.87. The van der Waals surface area contributed by atoms with E-state index in [9.17, 15) is 4.79 Å². The zero-order chi connectivity index (χ0) is 21.0. The topological polar surface area (TPSA) is 90.3 Å². The summed E-state index contributed by atoms with van der Waals surface area (Å²) in [4.78, 5) is 12.7. The van der Waals surface area contributed by atoms with Crippen LogP contribution in [0, 0.1) is 11.3 Å². The molecule has 6 nitrogen and oxygen atoms in total. The largest absolute Gasteiger partial charge is 0.461 e. The molecule has 1 saturated carbocycles. The Hall–Kier alpha value is -2.34. The van der Waals surface area contributed by atoms with E-state index in [0.717, 1.165) is 36.8 Å². The van der Waals surface area contributed by atoms with Crippen molar-refractivity contribution in [2.45, 2.75) is 64.0 Å². The Morgan fingerprint density at radius 3 is 2.66 bits per heavy atom. The molecule has 4 rings (SSSR count). The summed E-state index contributed by atoms with van der Waals surface area (Å²) in [5.41, 5.74) is 7.94. The molecular formula is C23H31N3O3. The predicted molar refractivity (Wildman–Crippen MR) is 114 cm³/mol. The molecule has 0 amide bonds. The van der Waals surface area contributed by atoms with Gasteiger partial charge in [0.1, 0.15) is 17.1 Å². The molecule has 1 aliphatic carbocycles. The molecule has 2 aliphatic rings. The molecule has 2 fully saturated rings. The average Bonchev–Trinajstić information content (AvgIpc) is 3.18. The van der Waals surface area contributed by atoms with Gasteiger partial charge < -0.3 is 19.8 Å². The average molecular weight is 398 g/mol. The van der Waals surface area contributed by atoms with E-state index in [1.165, 1.54) is 5.56 Å². The molecule has 156 valence electrons. The smallest absolute Gasteiger partial charge is 0.355 e. The van der Waals surface area contributed by atoms with Crippen LogP contribution in [0.25, 0.3) is 10.9 Å². The van der Waals surface area contributed by atoms with Gasteiger partial charge in [-0.1, -0.05) is 13.0 Å². The highest BCUT2D eigenvalue weighted by Crippen LogP contribution is 2.52. The molecule has 0 radical (unpaired) electrons. The van der Waals surface area contributed by atoms with Crippen LogP contribution in [0.3, 0.4) is 0 Å². The van der Waals surface area contributed by atoms with Crippen LogP contribution in [0.1, 0.15) is 68.9 Å². The van der Waals surface area contributed by atoms with Gasteiger partial charge in [0.15, 0.2) is 0 Å². The number of ether oxygens (including phenoxy) is 2. The molecule has 0 unspecified atom stereocenters. The fourth-order valence-corrected chi connectivity index (χ4v) is 5.00. The lowest BCUT2D eigenvalue weighted by atomic mass is 9.83. The van der Waals surface area contributed by atoms with Gasteiger partial charge in [-0.05, 0) is 75.6 Å². The van der Waals surface area contributed by atoms with Gasteiger partial charge >= 0.3 is 5.97 Å². The first-order chi connectivity index (χ1) is 13.7. The van der Waals surface area contributed by atoms with Crippen molar-refractivity contribution in [3.63, 3.8) is 0 Å². The van der Waals surface area contributed by atoms with Gasteiger partial charge in [-0.3, -0.25) is 5.41 Å². The predicted octanol–water partition coefficient (Wildman–Crippen LogP) is 4.16. The van der Waals surface area contributed by atoms with Gasteiger partial charge in [0.25, 0.3) is 0 Å². The minimum Gasteiger partial charge on any atom is -0.461 e. The number of nitrogens with two attached hydrogens (primary N) is 1. The summed E-state index contributed by atoms with van der Waals surface area (Å²) in [6.07, 6.45) is 2.72. The number of aromatic nitrogens is 1. The highest BCUT2D eigenvalue weighted by molar-refractivity contribution is 5.99. The Balaban J connectivity index is 1.82. The second-order valence-corrected chi connectivity index (χ2v) is 9.14. The van der Waals surface area contributed by atoms with Crippen molar-refractivity contribution in [3.05, 3.63) is 35.5 Å². The van der Waals surface area contributed by atoms with Crippen LogP contribution in [-0.4, -0.2) is 35.2 Å². The zero-order valence-electron chi connectivity index (χ0n) is 17.7. The quantitative estimate of drug-likeness (QED) is 0.450. The van der Waals surface area contributed by atoms with E-state index in [1.807, 2.05) is 10.6 Å². The van der Waals surface area contributed by atoms with E-state index in [4.69, 9.17) is 20.6 Å². The number of hydrogen-bond donors (Lipinski definition) is 2. The van der Waals surface area contributed by atoms with Gasteiger partial charge in [0.2, 0.25) is 0 Å². The van der Waals surface area contributed by atoms with Crippen molar-refractivity contribution < 1.29 is 14.3 Å². The van der Waals surface area contributed by atoms with Crippen LogP contribution >= 0.6 is 0 Å². The first-order valence-electron chi connectivity index (χ1n) is 10.5. The number of fused-ring (bicyclic) bond motifs is 1. The Bertz CT molecular complexity index is 977. The minimum atomic E-state index is -0.633. The lowest BCUT2D eigenvalue weighted by Crippen LogP contribution is -2.37. The van der Waals surface area contributed by atoms with E-state index in [0.29, 0.717) is 18.2 Å². The fourth-order valence-electron chi connectivity index (χ4n) is 5.00. The molecule has 0 bridgehead atoms. The van der Waals surface area contributed by atoms with Crippen LogP contribution in [0.5, 0.6) is 0 Å². The van der Waals surface area contributed by atoms with Crippen molar-refractivity contribution in [3.8, 4) is 0 Å². The number of nitrogens with zero attached hydrogens (tertiary/aromatic N) is 1. The SMILES string of the molecule is CCOC(=O)c1cc2cc([C@H]3CCOC(C)(C)C3)ccc2n1[C@@]1(C(=N)N)C[C@@H]1C. The maximum absolute atomic E-state index is 12.7. The van der Waals surface area contributed by atoms with Gasteiger partial charge in [-0.25, -0.2) is 4.79 Å². The van der Waals surface area contributed by atoms with Crippen molar-refractivity contribution in [1.29, 1.82) is 5.41 Å². The fraction of sp³-hybridized carbons (Fsp3) is 0.565. The molecule has 1 saturated heterocycles. The lowest BCUT2D eigenvalue weighted by Gasteiger charge is -2.35. The lowest BCUT2D eigenvalue weighted by molar-refractivity contribution is -0.0592. The van der Waals surface area contributed by atoms with Crippen molar-refractivity contribution in [2.24, 2.45) is 11.7 Å². The summed E-state index contributed by atoms with van der Waals surface area (Å²) in [7, 11) is 0. The first kappa shape index (κ1) is 20.0. The van der Waals surface area contributed by atoms with Crippen LogP contribution in [-0.2, 0) is 15.0 Å². The normalized spacial score (nSPS) is 28.3. The van der Waals surface area contributed by atoms with Gasteiger partial charge in [0, 0.05) is 17.5 Å². The van der Waals surface area contributed by atoms with Gasteiger partial charge in [0.05, 0.1) is 12.2 Å². The number of benzene rings is 1. The number of carbonyl (C=O) groups is 1. The highest BCUT2D eigenvalue weighted by atomic mass is 16.5. The third-order valence-electron chi connectivity index (χ3n) is 6.62. The summed E-state index contributed by atoms with van der Waals surface area (Å²) in [5.74, 6) is 0.374. The second-order valence-electron chi connectivity index (χ2n) is 9.14. The Kier molecular flexibility index (Phi) is 4.73. The van der Waals surface area contributed by atoms with Crippen LogP contribution in [0.15, 0.2) is 24.3 Å². The molecule has 1 aromatic carbocycles. The van der Waals surface area contributed by atoms with Crippen molar-refractivity contribution in [1.82, 2.24) is 4.57 Å². The number of amidine groups is 1. The number of hydrogen-bond acceptors (Lipinski definition) is 4. The third kappa shape index (κ3) is 3.23. The van der Waals surface area contributed by atoms with E-state index in [-0.39, 0.29) is 23.3 Å². The van der Waals surface area contributed by atoms with Crippen LogP contribution in [0.4, 0.5) is 0 Å². The monoisotopic (exact) mass is 397 g/mol. The van der Waals surface area contributed by atoms with E-state index in [1.54, 1.807) is 6.92 Å². The number of nitrogens with one attached hydrogen (secondary N) is 1. The molecule has 3 N–H and O–H groups in total. The molecule has 2 heterocycles.